The normalized spacial score (nSPS) is 13.6. The van der Waals surface area contributed by atoms with Crippen LogP contribution in [0.2, 0.25) is 0 Å². The van der Waals surface area contributed by atoms with Crippen LogP contribution in [0.15, 0.2) is 50.6 Å². The van der Waals surface area contributed by atoms with Crippen LogP contribution in [0, 0.1) is 13.8 Å². The molecule has 5 rings (SSSR count). The van der Waals surface area contributed by atoms with Crippen molar-refractivity contribution in [3.8, 4) is 5.69 Å². The first-order valence-corrected chi connectivity index (χ1v) is 12.4. The number of hydrogen-bond donors (Lipinski definition) is 1. The molecule has 176 valence electrons. The van der Waals surface area contributed by atoms with E-state index in [1.54, 1.807) is 24.5 Å². The summed E-state index contributed by atoms with van der Waals surface area (Å²) in [6.07, 6.45) is 6.48. The molecule has 1 amide bonds. The molecule has 4 aromatic rings. The molecular formula is C26H27N3O4S. The van der Waals surface area contributed by atoms with E-state index in [1.165, 1.54) is 20.5 Å². The molecule has 0 fully saturated rings. The lowest BCUT2D eigenvalue weighted by Crippen LogP contribution is -2.41. The van der Waals surface area contributed by atoms with E-state index in [0.717, 1.165) is 53.7 Å². The van der Waals surface area contributed by atoms with Crippen LogP contribution in [-0.2, 0) is 30.7 Å². The van der Waals surface area contributed by atoms with Crippen molar-refractivity contribution in [2.75, 3.05) is 0 Å². The van der Waals surface area contributed by atoms with Gasteiger partial charge in [0.1, 0.15) is 17.1 Å². The lowest BCUT2D eigenvalue weighted by molar-refractivity contribution is -0.121. The van der Waals surface area contributed by atoms with Gasteiger partial charge in [-0.1, -0.05) is 12.5 Å². The number of amides is 1. The Balaban J connectivity index is 1.66. The van der Waals surface area contributed by atoms with E-state index in [0.29, 0.717) is 21.7 Å². The molecule has 3 heterocycles. The van der Waals surface area contributed by atoms with Crippen LogP contribution in [0.25, 0.3) is 15.9 Å². The Labute approximate surface area is 200 Å². The van der Waals surface area contributed by atoms with Crippen molar-refractivity contribution in [3.05, 3.63) is 84.8 Å². The number of hydrogen-bond acceptors (Lipinski definition) is 5. The average Bonchev–Trinajstić information content (AvgIpc) is 3.40. The molecule has 0 atom stereocenters. The van der Waals surface area contributed by atoms with Gasteiger partial charge in [-0.2, -0.15) is 0 Å². The largest absolute Gasteiger partial charge is 0.467 e. The number of aromatic nitrogens is 2. The van der Waals surface area contributed by atoms with E-state index < -0.39 is 5.69 Å². The van der Waals surface area contributed by atoms with Gasteiger partial charge in [-0.25, -0.2) is 9.36 Å². The summed E-state index contributed by atoms with van der Waals surface area (Å²) >= 11 is 1.49. The molecule has 0 bridgehead atoms. The maximum absolute atomic E-state index is 13.8. The first-order chi connectivity index (χ1) is 16.4. The van der Waals surface area contributed by atoms with Gasteiger partial charge in [0.2, 0.25) is 5.91 Å². The van der Waals surface area contributed by atoms with Crippen LogP contribution in [0.5, 0.6) is 0 Å². The number of carbonyl (C=O) groups excluding carboxylic acids is 1. The summed E-state index contributed by atoms with van der Waals surface area (Å²) in [7, 11) is 0. The summed E-state index contributed by atoms with van der Waals surface area (Å²) in [5.74, 6) is 0.322. The third kappa shape index (κ3) is 4.03. The third-order valence-corrected chi connectivity index (χ3v) is 7.89. The number of rotatable bonds is 5. The van der Waals surface area contributed by atoms with Crippen LogP contribution in [0.1, 0.15) is 46.6 Å². The fraction of sp³-hybridized carbons (Fsp3) is 0.346. The highest BCUT2D eigenvalue weighted by Gasteiger charge is 2.24. The Morgan fingerprint density at radius 3 is 2.68 bits per heavy atom. The van der Waals surface area contributed by atoms with Crippen molar-refractivity contribution >= 4 is 27.5 Å². The Bertz CT molecular complexity index is 1490. The zero-order valence-electron chi connectivity index (χ0n) is 19.3. The van der Waals surface area contributed by atoms with E-state index in [1.807, 2.05) is 26.0 Å². The van der Waals surface area contributed by atoms with Gasteiger partial charge in [-0.15, -0.1) is 11.3 Å². The van der Waals surface area contributed by atoms with Gasteiger partial charge in [0.15, 0.2) is 0 Å². The summed E-state index contributed by atoms with van der Waals surface area (Å²) in [4.78, 5) is 42.0. The van der Waals surface area contributed by atoms with Gasteiger partial charge < -0.3 is 9.73 Å². The second kappa shape index (κ2) is 9.10. The number of furan rings is 1. The molecule has 0 saturated carbocycles. The van der Waals surface area contributed by atoms with Gasteiger partial charge in [0.25, 0.3) is 5.56 Å². The predicted molar refractivity (Wildman–Crippen MR) is 133 cm³/mol. The highest BCUT2D eigenvalue weighted by atomic mass is 32.1. The minimum atomic E-state index is -0.495. The lowest BCUT2D eigenvalue weighted by Gasteiger charge is -2.13. The average molecular weight is 478 g/mol. The van der Waals surface area contributed by atoms with E-state index >= 15 is 0 Å². The van der Waals surface area contributed by atoms with E-state index in [-0.39, 0.29) is 24.6 Å². The first kappa shape index (κ1) is 22.4. The van der Waals surface area contributed by atoms with Crippen LogP contribution < -0.4 is 16.6 Å². The van der Waals surface area contributed by atoms with Crippen molar-refractivity contribution in [2.45, 2.75) is 59.0 Å². The van der Waals surface area contributed by atoms with Crippen molar-refractivity contribution in [3.63, 3.8) is 0 Å². The molecule has 0 saturated heterocycles. The second-order valence-electron chi connectivity index (χ2n) is 8.88. The second-order valence-corrected chi connectivity index (χ2v) is 9.96. The van der Waals surface area contributed by atoms with Crippen molar-refractivity contribution in [2.24, 2.45) is 0 Å². The molecule has 0 spiro atoms. The molecule has 34 heavy (non-hydrogen) atoms. The number of thiophene rings is 1. The Hall–Kier alpha value is -3.39. The Morgan fingerprint density at radius 1 is 1.09 bits per heavy atom. The Kier molecular flexibility index (Phi) is 6.00. The van der Waals surface area contributed by atoms with Gasteiger partial charge in [-0.05, 0) is 80.5 Å². The number of benzene rings is 1. The topological polar surface area (TPSA) is 86.2 Å². The van der Waals surface area contributed by atoms with Gasteiger partial charge in [-0.3, -0.25) is 14.2 Å². The molecule has 1 aliphatic carbocycles. The molecule has 1 N–H and O–H groups in total. The molecule has 3 aromatic heterocycles. The van der Waals surface area contributed by atoms with Crippen LogP contribution in [0.4, 0.5) is 0 Å². The molecular weight excluding hydrogens is 450 g/mol. The monoisotopic (exact) mass is 477 g/mol. The minimum Gasteiger partial charge on any atom is -0.467 e. The summed E-state index contributed by atoms with van der Waals surface area (Å²) in [5, 5.41) is 3.39. The number of aryl methyl sites for hydroxylation is 4. The summed E-state index contributed by atoms with van der Waals surface area (Å²) < 4.78 is 7.97. The fourth-order valence-corrected chi connectivity index (χ4v) is 5.95. The maximum Gasteiger partial charge on any atom is 0.337 e. The van der Waals surface area contributed by atoms with Crippen LogP contribution in [0.3, 0.4) is 0 Å². The van der Waals surface area contributed by atoms with E-state index in [2.05, 4.69) is 5.32 Å². The number of fused-ring (bicyclic) bond motifs is 3. The SMILES string of the molecule is Cc1ccc(-n2c(=O)c3c4c(sc3n(CC(=O)NCc3ccco3)c2=O)CCCCC4)cc1C. The number of nitrogens with zero attached hydrogens (tertiary/aromatic N) is 2. The van der Waals surface area contributed by atoms with Crippen molar-refractivity contribution in [1.29, 1.82) is 0 Å². The maximum atomic E-state index is 13.8. The lowest BCUT2D eigenvalue weighted by atomic mass is 10.1. The number of nitrogens with one attached hydrogen (secondary N) is 1. The van der Waals surface area contributed by atoms with Gasteiger partial charge >= 0.3 is 5.69 Å². The quantitative estimate of drug-likeness (QED) is 0.440. The van der Waals surface area contributed by atoms with Crippen LogP contribution in [-0.4, -0.2) is 15.0 Å². The molecule has 7 nitrogen and oxygen atoms in total. The van der Waals surface area contributed by atoms with E-state index in [9.17, 15) is 14.4 Å². The predicted octanol–water partition coefficient (Wildman–Crippen LogP) is 4.01. The molecule has 1 aromatic carbocycles. The standard InChI is InChI=1S/C26H27N3O4S/c1-16-10-11-18(13-17(16)2)29-24(31)23-20-8-4-3-5-9-21(20)34-25(23)28(26(29)32)15-22(30)27-14-19-7-6-12-33-19/h6-7,10-13H,3-5,8-9,14-15H2,1-2H3,(H,27,30). The Morgan fingerprint density at radius 2 is 1.91 bits per heavy atom. The first-order valence-electron chi connectivity index (χ1n) is 11.6. The number of carbonyl (C=O) groups is 1. The van der Waals surface area contributed by atoms with Crippen molar-refractivity contribution in [1.82, 2.24) is 14.5 Å². The molecule has 8 heteroatoms. The third-order valence-electron chi connectivity index (χ3n) is 6.58. The summed E-state index contributed by atoms with van der Waals surface area (Å²) in [5.41, 5.74) is 2.86. The summed E-state index contributed by atoms with van der Waals surface area (Å²) in [6.45, 7) is 4.02. The van der Waals surface area contributed by atoms with Gasteiger partial charge in [0, 0.05) is 4.88 Å². The smallest absolute Gasteiger partial charge is 0.337 e. The zero-order valence-corrected chi connectivity index (χ0v) is 20.2. The molecule has 0 unspecified atom stereocenters. The molecule has 0 radical (unpaired) electrons. The fourth-order valence-electron chi connectivity index (χ4n) is 4.58. The van der Waals surface area contributed by atoms with E-state index in [4.69, 9.17) is 4.42 Å². The highest BCUT2D eigenvalue weighted by Crippen LogP contribution is 2.33. The van der Waals surface area contributed by atoms with Crippen molar-refractivity contribution < 1.29 is 9.21 Å². The summed E-state index contributed by atoms with van der Waals surface area (Å²) in [6, 6.07) is 9.10. The highest BCUT2D eigenvalue weighted by molar-refractivity contribution is 7.18. The minimum absolute atomic E-state index is 0.166. The van der Waals surface area contributed by atoms with Crippen LogP contribution >= 0.6 is 11.3 Å². The van der Waals surface area contributed by atoms with Gasteiger partial charge in [0.05, 0.1) is 23.9 Å². The molecule has 1 aliphatic rings. The molecule has 0 aliphatic heterocycles. The zero-order chi connectivity index (χ0) is 23.8.